The molecule has 0 aromatic rings. The molecule has 2 nitrogen and oxygen atoms in total. The Morgan fingerprint density at radius 1 is 1.60 bits per heavy atom. The maximum atomic E-state index is 12.4. The smallest absolute Gasteiger partial charge is 0.303 e. The summed E-state index contributed by atoms with van der Waals surface area (Å²) in [4.78, 5) is 0. The van der Waals surface area contributed by atoms with Gasteiger partial charge in [-0.05, 0) is 6.42 Å². The van der Waals surface area contributed by atoms with Gasteiger partial charge in [-0.3, -0.25) is 5.41 Å². The number of hydrogen-bond acceptors (Lipinski definition) is 1. The van der Waals surface area contributed by atoms with Crippen molar-refractivity contribution in [3.63, 3.8) is 0 Å². The van der Waals surface area contributed by atoms with Crippen molar-refractivity contribution in [1.29, 1.82) is 5.41 Å². The van der Waals surface area contributed by atoms with E-state index in [9.17, 15) is 8.78 Å². The molecular weight excluding hydrogens is 138 g/mol. The van der Waals surface area contributed by atoms with Crippen LogP contribution in [-0.4, -0.2) is 11.8 Å². The van der Waals surface area contributed by atoms with Crippen LogP contribution in [0.1, 0.15) is 26.2 Å². The zero-order chi connectivity index (χ0) is 8.20. The van der Waals surface area contributed by atoms with E-state index < -0.39 is 11.8 Å². The Labute approximate surface area is 58.9 Å². The van der Waals surface area contributed by atoms with Crippen molar-refractivity contribution in [2.45, 2.75) is 32.1 Å². The van der Waals surface area contributed by atoms with Crippen molar-refractivity contribution in [2.24, 2.45) is 5.73 Å². The Morgan fingerprint density at radius 3 is 2.40 bits per heavy atom. The van der Waals surface area contributed by atoms with E-state index in [0.717, 1.165) is 0 Å². The van der Waals surface area contributed by atoms with Crippen LogP contribution in [0, 0.1) is 5.41 Å². The van der Waals surface area contributed by atoms with Crippen LogP contribution in [0.3, 0.4) is 0 Å². The summed E-state index contributed by atoms with van der Waals surface area (Å²) in [5.74, 6) is -4.11. The summed E-state index contributed by atoms with van der Waals surface area (Å²) >= 11 is 0. The lowest BCUT2D eigenvalue weighted by Gasteiger charge is -2.12. The van der Waals surface area contributed by atoms with Crippen LogP contribution < -0.4 is 5.73 Å². The Balaban J connectivity index is 3.75. The van der Waals surface area contributed by atoms with Crippen molar-refractivity contribution < 1.29 is 8.78 Å². The van der Waals surface area contributed by atoms with Crippen molar-refractivity contribution in [3.05, 3.63) is 0 Å². The van der Waals surface area contributed by atoms with Crippen molar-refractivity contribution in [3.8, 4) is 0 Å². The van der Waals surface area contributed by atoms with Crippen LogP contribution >= 0.6 is 0 Å². The standard InChI is InChI=1S/C6H12F2N2/c1-2-3-4-6(7,8)5(9)10/h2-4H2,1H3,(H3,9,10). The lowest BCUT2D eigenvalue weighted by molar-refractivity contribution is 0.0632. The van der Waals surface area contributed by atoms with Gasteiger partial charge in [0, 0.05) is 6.42 Å². The van der Waals surface area contributed by atoms with E-state index in [-0.39, 0.29) is 6.42 Å². The van der Waals surface area contributed by atoms with Gasteiger partial charge in [0.1, 0.15) is 0 Å². The highest BCUT2D eigenvalue weighted by atomic mass is 19.3. The fourth-order valence-electron chi connectivity index (χ4n) is 0.533. The number of alkyl halides is 2. The molecule has 60 valence electrons. The molecule has 0 aliphatic carbocycles. The molecule has 0 heterocycles. The fourth-order valence-corrected chi connectivity index (χ4v) is 0.533. The quantitative estimate of drug-likeness (QED) is 0.465. The zero-order valence-electron chi connectivity index (χ0n) is 5.95. The van der Waals surface area contributed by atoms with E-state index in [2.05, 4.69) is 5.73 Å². The summed E-state index contributed by atoms with van der Waals surface area (Å²) in [6.07, 6.45) is 0.800. The number of halogens is 2. The van der Waals surface area contributed by atoms with E-state index in [1.807, 2.05) is 6.92 Å². The molecule has 0 fully saturated rings. The average molecular weight is 150 g/mol. The molecule has 0 spiro atoms. The molecule has 0 aromatic carbocycles. The SMILES string of the molecule is CCCCC(F)(F)C(=N)N. The highest BCUT2D eigenvalue weighted by molar-refractivity contribution is 5.84. The van der Waals surface area contributed by atoms with Crippen LogP contribution in [0.2, 0.25) is 0 Å². The summed E-state index contributed by atoms with van der Waals surface area (Å²) in [7, 11) is 0. The third-order valence-electron chi connectivity index (χ3n) is 1.24. The molecule has 10 heavy (non-hydrogen) atoms. The van der Waals surface area contributed by atoms with Gasteiger partial charge in [-0.2, -0.15) is 8.78 Å². The molecule has 0 amide bonds. The van der Waals surface area contributed by atoms with Crippen LogP contribution in [0.15, 0.2) is 0 Å². The predicted molar refractivity (Wildman–Crippen MR) is 36.4 cm³/mol. The van der Waals surface area contributed by atoms with Crippen LogP contribution in [0.25, 0.3) is 0 Å². The molecule has 0 aliphatic rings. The molecule has 0 saturated carbocycles. The van der Waals surface area contributed by atoms with Crippen LogP contribution in [-0.2, 0) is 0 Å². The summed E-state index contributed by atoms with van der Waals surface area (Å²) in [6, 6.07) is 0. The molecule has 3 N–H and O–H groups in total. The maximum Gasteiger partial charge on any atom is 0.303 e. The molecule has 0 saturated heterocycles. The van der Waals surface area contributed by atoms with E-state index in [1.165, 1.54) is 0 Å². The van der Waals surface area contributed by atoms with Gasteiger partial charge < -0.3 is 5.73 Å². The highest BCUT2D eigenvalue weighted by Gasteiger charge is 2.31. The molecule has 0 atom stereocenters. The molecule has 0 radical (unpaired) electrons. The zero-order valence-corrected chi connectivity index (χ0v) is 5.95. The predicted octanol–water partition coefficient (Wildman–Crippen LogP) is 1.75. The first-order chi connectivity index (χ1) is 4.50. The maximum absolute atomic E-state index is 12.4. The fraction of sp³-hybridized carbons (Fsp3) is 0.833. The van der Waals surface area contributed by atoms with Gasteiger partial charge in [0.2, 0.25) is 0 Å². The number of rotatable bonds is 4. The molecule has 4 heteroatoms. The highest BCUT2D eigenvalue weighted by Crippen LogP contribution is 2.20. The lowest BCUT2D eigenvalue weighted by atomic mass is 10.1. The van der Waals surface area contributed by atoms with Gasteiger partial charge in [-0.15, -0.1) is 0 Å². The third-order valence-corrected chi connectivity index (χ3v) is 1.24. The van der Waals surface area contributed by atoms with E-state index in [4.69, 9.17) is 5.41 Å². The molecule has 0 unspecified atom stereocenters. The Kier molecular flexibility index (Phi) is 3.25. The number of nitrogens with two attached hydrogens (primary N) is 1. The minimum Gasteiger partial charge on any atom is -0.383 e. The lowest BCUT2D eigenvalue weighted by Crippen LogP contribution is -2.34. The first kappa shape index (κ1) is 9.33. The van der Waals surface area contributed by atoms with Gasteiger partial charge in [0.15, 0.2) is 5.84 Å². The second-order valence-corrected chi connectivity index (χ2v) is 2.22. The number of nitrogens with one attached hydrogen (secondary N) is 1. The molecular formula is C6H12F2N2. The summed E-state index contributed by atoms with van der Waals surface area (Å²) in [6.45, 7) is 1.82. The second kappa shape index (κ2) is 3.49. The van der Waals surface area contributed by atoms with Crippen LogP contribution in [0.5, 0.6) is 0 Å². The minimum atomic E-state index is -3.09. The molecule has 0 bridgehead atoms. The number of unbranched alkanes of at least 4 members (excludes halogenated alkanes) is 1. The van der Waals surface area contributed by atoms with Crippen molar-refractivity contribution in [2.75, 3.05) is 0 Å². The topological polar surface area (TPSA) is 49.9 Å². The molecule has 0 aliphatic heterocycles. The number of hydrogen-bond donors (Lipinski definition) is 2. The Hall–Kier alpha value is -0.670. The van der Waals surface area contributed by atoms with Gasteiger partial charge in [0.05, 0.1) is 0 Å². The summed E-state index contributed by atoms with van der Waals surface area (Å²) in [5.41, 5.74) is 4.64. The van der Waals surface area contributed by atoms with E-state index >= 15 is 0 Å². The largest absolute Gasteiger partial charge is 0.383 e. The van der Waals surface area contributed by atoms with E-state index in [0.29, 0.717) is 12.8 Å². The van der Waals surface area contributed by atoms with E-state index in [1.54, 1.807) is 0 Å². The monoisotopic (exact) mass is 150 g/mol. The normalized spacial score (nSPS) is 11.5. The molecule has 0 aromatic heterocycles. The Bertz CT molecular complexity index is 123. The first-order valence-electron chi connectivity index (χ1n) is 3.23. The van der Waals surface area contributed by atoms with Crippen molar-refractivity contribution in [1.82, 2.24) is 0 Å². The molecule has 0 rings (SSSR count). The van der Waals surface area contributed by atoms with Gasteiger partial charge in [0.25, 0.3) is 0 Å². The summed E-state index contributed by atoms with van der Waals surface area (Å²) < 4.78 is 24.8. The second-order valence-electron chi connectivity index (χ2n) is 2.22. The van der Waals surface area contributed by atoms with Gasteiger partial charge >= 0.3 is 5.92 Å². The van der Waals surface area contributed by atoms with Gasteiger partial charge in [-0.25, -0.2) is 0 Å². The third kappa shape index (κ3) is 2.75. The van der Waals surface area contributed by atoms with Crippen LogP contribution in [0.4, 0.5) is 8.78 Å². The minimum absolute atomic E-state index is 0.307. The first-order valence-corrected chi connectivity index (χ1v) is 3.23. The summed E-state index contributed by atoms with van der Waals surface area (Å²) in [5, 5.41) is 6.50. The van der Waals surface area contributed by atoms with Gasteiger partial charge in [-0.1, -0.05) is 13.3 Å². The van der Waals surface area contributed by atoms with Crippen molar-refractivity contribution >= 4 is 5.84 Å². The average Bonchev–Trinajstić information content (AvgIpc) is 1.84. The number of amidine groups is 1. The Morgan fingerprint density at radius 2 is 2.10 bits per heavy atom.